The van der Waals surface area contributed by atoms with Gasteiger partial charge in [-0.05, 0) is 0 Å². The van der Waals surface area contributed by atoms with Gasteiger partial charge in [0.1, 0.15) is 0 Å². The first-order chi connectivity index (χ1) is 15.6. The number of hydrogen-bond acceptors (Lipinski definition) is 7. The molecule has 3 aromatic rings. The number of aromatic nitrogens is 2. The standard InChI is InChI=1S/C21H25IN4O6S/c1-14(2)16-11-23-25(13-16)19-8-6-17(22-26(27)28)9-21(19)33(29,30)24-12-15-5-7-18(31-3)10-20(15)32-4/h5-11,13-14,24,26H,12H2,1-4H3/q-2. The van der Waals surface area contributed by atoms with Gasteiger partial charge in [-0.25, -0.2) is 0 Å². The van der Waals surface area contributed by atoms with Crippen LogP contribution in [0.1, 0.15) is 30.9 Å². The first-order valence-electron chi connectivity index (χ1n) is 9.90. The molecule has 1 heterocycles. The second kappa shape index (κ2) is 10.8. The van der Waals surface area contributed by atoms with E-state index in [4.69, 9.17) is 9.47 Å². The van der Waals surface area contributed by atoms with Gasteiger partial charge in [-0.1, -0.05) is 0 Å². The third-order valence-electron chi connectivity index (χ3n) is 4.86. The molecule has 0 radical (unpaired) electrons. The molecule has 0 unspecified atom stereocenters. The Kier molecular flexibility index (Phi) is 8.31. The molecule has 0 amide bonds. The van der Waals surface area contributed by atoms with Crippen molar-refractivity contribution in [2.24, 2.45) is 0 Å². The van der Waals surface area contributed by atoms with Crippen LogP contribution in [0.3, 0.4) is 0 Å². The number of nitrogens with zero attached hydrogens (tertiary/aromatic N) is 2. The summed E-state index contributed by atoms with van der Waals surface area (Å²) in [6, 6.07) is 9.62. The van der Waals surface area contributed by atoms with Crippen LogP contribution in [0.4, 0.5) is 0 Å². The maximum absolute atomic E-state index is 13.3. The van der Waals surface area contributed by atoms with Crippen molar-refractivity contribution in [2.45, 2.75) is 31.2 Å². The van der Waals surface area contributed by atoms with Gasteiger partial charge in [0, 0.05) is 0 Å². The van der Waals surface area contributed by atoms with Gasteiger partial charge in [0.25, 0.3) is 0 Å². The SMILES string of the molecule is COc1ccc(CNS(=O)(=O)c2cc([I-][NH+]([O-])[O-])ccc2-n2cc(C(C)C)cn2)c(OC)c1. The normalized spacial score (nSPS) is 12.0. The van der Waals surface area contributed by atoms with Gasteiger partial charge in [-0.2, -0.15) is 0 Å². The quantitative estimate of drug-likeness (QED) is 0.168. The van der Waals surface area contributed by atoms with Crippen molar-refractivity contribution >= 4 is 10.0 Å². The first kappa shape index (κ1) is 25.4. The summed E-state index contributed by atoms with van der Waals surface area (Å²) in [5, 5.41) is 26.6. The number of nitrogens with one attached hydrogen (secondary N) is 2. The van der Waals surface area contributed by atoms with Crippen LogP contribution in [-0.4, -0.2) is 32.4 Å². The molecule has 0 aliphatic rings. The Balaban J connectivity index is 1.99. The van der Waals surface area contributed by atoms with Gasteiger partial charge in [0.15, 0.2) is 0 Å². The molecule has 2 aromatic carbocycles. The fourth-order valence-corrected chi connectivity index (χ4v) is 5.82. The van der Waals surface area contributed by atoms with E-state index < -0.39 is 34.9 Å². The number of methoxy groups -OCH3 is 2. The van der Waals surface area contributed by atoms with Crippen LogP contribution in [0.2, 0.25) is 0 Å². The second-order valence-corrected chi connectivity index (χ2v) is 11.7. The third kappa shape index (κ3) is 6.22. The van der Waals surface area contributed by atoms with Crippen molar-refractivity contribution in [3.63, 3.8) is 0 Å². The molecule has 33 heavy (non-hydrogen) atoms. The molecule has 0 aliphatic heterocycles. The molecule has 12 heteroatoms. The van der Waals surface area contributed by atoms with Crippen molar-refractivity contribution in [3.05, 3.63) is 73.9 Å². The average Bonchev–Trinajstić information content (AvgIpc) is 3.27. The monoisotopic (exact) mass is 588 g/mol. The van der Waals surface area contributed by atoms with Crippen LogP contribution >= 0.6 is 0 Å². The van der Waals surface area contributed by atoms with Crippen LogP contribution in [0.25, 0.3) is 5.69 Å². The molecular formula is C21H25IN4O6S-2. The predicted octanol–water partition coefficient (Wildman–Crippen LogP) is -1.45. The third-order valence-corrected chi connectivity index (χ3v) is 8.03. The van der Waals surface area contributed by atoms with Gasteiger partial charge in [-0.3, -0.25) is 0 Å². The van der Waals surface area contributed by atoms with E-state index in [2.05, 4.69) is 9.82 Å². The Bertz CT molecular complexity index is 1210. The molecule has 0 fully saturated rings. The Morgan fingerprint density at radius 1 is 1.15 bits per heavy atom. The second-order valence-electron chi connectivity index (χ2n) is 7.32. The van der Waals surface area contributed by atoms with Crippen LogP contribution in [-0.2, 0) is 16.6 Å². The molecule has 0 aliphatic carbocycles. The number of rotatable bonds is 10. The van der Waals surface area contributed by atoms with E-state index in [1.165, 1.54) is 25.0 Å². The number of ether oxygens (including phenoxy) is 2. The Morgan fingerprint density at radius 2 is 1.91 bits per heavy atom. The summed E-state index contributed by atoms with van der Waals surface area (Å²) in [4.78, 5) is -0.0631. The fourth-order valence-electron chi connectivity index (χ4n) is 3.06. The van der Waals surface area contributed by atoms with Crippen LogP contribution in [0.15, 0.2) is 53.7 Å². The van der Waals surface area contributed by atoms with E-state index in [9.17, 15) is 18.8 Å². The minimum absolute atomic E-state index is 0.0366. The van der Waals surface area contributed by atoms with Crippen LogP contribution < -0.4 is 39.1 Å². The van der Waals surface area contributed by atoms with Gasteiger partial charge >= 0.3 is 204 Å². The molecule has 0 spiro atoms. The predicted molar refractivity (Wildman–Crippen MR) is 118 cm³/mol. The summed E-state index contributed by atoms with van der Waals surface area (Å²) in [6.45, 7) is 3.98. The zero-order chi connectivity index (χ0) is 24.2. The Hall–Kier alpha value is -2.23. The fraction of sp³-hybridized carbons (Fsp3) is 0.286. The molecule has 10 nitrogen and oxygen atoms in total. The van der Waals surface area contributed by atoms with E-state index in [0.29, 0.717) is 26.3 Å². The summed E-state index contributed by atoms with van der Waals surface area (Å²) < 4.78 is 40.5. The number of sulfonamides is 1. The molecule has 0 bridgehead atoms. The molecule has 2 N–H and O–H groups in total. The summed E-state index contributed by atoms with van der Waals surface area (Å²) in [6.07, 6.45) is 3.44. The molecule has 180 valence electrons. The number of halogens is 1. The molecule has 0 saturated carbocycles. The summed E-state index contributed by atoms with van der Waals surface area (Å²) in [5.41, 5.74) is 1.88. The molecule has 3 rings (SSSR count). The van der Waals surface area contributed by atoms with Gasteiger partial charge < -0.3 is 0 Å². The van der Waals surface area contributed by atoms with Crippen molar-refractivity contribution in [3.8, 4) is 17.2 Å². The van der Waals surface area contributed by atoms with Crippen LogP contribution in [0, 0.1) is 14.0 Å². The maximum atomic E-state index is 13.3. The van der Waals surface area contributed by atoms with Crippen molar-refractivity contribution in [2.75, 3.05) is 14.2 Å². The van der Waals surface area contributed by atoms with Crippen molar-refractivity contribution in [1.82, 2.24) is 14.5 Å². The van der Waals surface area contributed by atoms with E-state index in [1.54, 1.807) is 42.7 Å². The van der Waals surface area contributed by atoms with E-state index in [1.807, 2.05) is 13.8 Å². The average molecular weight is 588 g/mol. The Morgan fingerprint density at radius 3 is 2.52 bits per heavy atom. The van der Waals surface area contributed by atoms with Crippen molar-refractivity contribution in [1.29, 1.82) is 0 Å². The minimum atomic E-state index is -4.04. The van der Waals surface area contributed by atoms with Gasteiger partial charge in [0.05, 0.1) is 0 Å². The van der Waals surface area contributed by atoms with E-state index >= 15 is 0 Å². The summed E-state index contributed by atoms with van der Waals surface area (Å²) in [7, 11) is -1.02. The Labute approximate surface area is 203 Å². The number of quaternary nitrogens is 1. The summed E-state index contributed by atoms with van der Waals surface area (Å²) >= 11 is -1.50. The van der Waals surface area contributed by atoms with E-state index in [-0.39, 0.29) is 17.4 Å². The summed E-state index contributed by atoms with van der Waals surface area (Å²) in [5.74, 6) is 1.27. The van der Waals surface area contributed by atoms with Crippen LogP contribution in [0.5, 0.6) is 11.5 Å². The molecule has 0 saturated heterocycles. The topological polar surface area (TPSA) is 133 Å². The van der Waals surface area contributed by atoms with E-state index in [0.717, 1.165) is 5.56 Å². The van der Waals surface area contributed by atoms with Crippen molar-refractivity contribution < 1.29 is 42.8 Å². The zero-order valence-corrected chi connectivity index (χ0v) is 21.5. The van der Waals surface area contributed by atoms with Gasteiger partial charge in [0.2, 0.25) is 0 Å². The van der Waals surface area contributed by atoms with Gasteiger partial charge in [-0.15, -0.1) is 0 Å². The molecule has 1 aromatic heterocycles. The first-order valence-corrected chi connectivity index (χ1v) is 13.5. The zero-order valence-electron chi connectivity index (χ0n) is 18.5. The molecular weight excluding hydrogens is 563 g/mol. The number of hydrogen-bond donors (Lipinski definition) is 2. The molecule has 0 atom stereocenters. The number of benzene rings is 2.